The van der Waals surface area contributed by atoms with Crippen molar-refractivity contribution in [3.63, 3.8) is 0 Å². The molecule has 0 rings (SSSR count). The van der Waals surface area contributed by atoms with Crippen LogP contribution in [0.4, 0.5) is 0 Å². The van der Waals surface area contributed by atoms with Crippen LogP contribution < -0.4 is 5.73 Å². The summed E-state index contributed by atoms with van der Waals surface area (Å²) >= 11 is 0. The Morgan fingerprint density at radius 3 is 2.00 bits per heavy atom. The number of hydrogen-bond acceptors (Lipinski definition) is 1. The van der Waals surface area contributed by atoms with E-state index in [1.54, 1.807) is 6.08 Å². The van der Waals surface area contributed by atoms with Crippen LogP contribution in [-0.4, -0.2) is 0 Å². The van der Waals surface area contributed by atoms with E-state index in [-0.39, 0.29) is 0 Å². The normalized spacial score (nSPS) is 8.36. The molecule has 0 atom stereocenters. The summed E-state index contributed by atoms with van der Waals surface area (Å²) < 4.78 is 0. The van der Waals surface area contributed by atoms with E-state index in [0.29, 0.717) is 0 Å². The Morgan fingerprint density at radius 1 is 1.27 bits per heavy atom. The van der Waals surface area contributed by atoms with Crippen molar-refractivity contribution in [2.45, 2.75) is 27.7 Å². The van der Waals surface area contributed by atoms with Gasteiger partial charge in [-0.3, -0.25) is 0 Å². The predicted molar refractivity (Wildman–Crippen MR) is 53.2 cm³/mol. The second-order valence-corrected chi connectivity index (χ2v) is 2.05. The van der Waals surface area contributed by atoms with Gasteiger partial charge in [-0.1, -0.05) is 38.2 Å². The van der Waals surface area contributed by atoms with Gasteiger partial charge in [0.15, 0.2) is 0 Å². The predicted octanol–water partition coefficient (Wildman–Crippen LogP) is 3.01. The van der Waals surface area contributed by atoms with Crippen LogP contribution in [0.2, 0.25) is 0 Å². The van der Waals surface area contributed by atoms with Gasteiger partial charge in [0.05, 0.1) is 0 Å². The molecule has 0 unspecified atom stereocenters. The van der Waals surface area contributed by atoms with E-state index in [4.69, 9.17) is 5.73 Å². The SMILES string of the molecule is C=C/C=C\C(N)=C(C)C.CC. The third-order valence-electron chi connectivity index (χ3n) is 0.989. The zero-order chi connectivity index (χ0) is 9.28. The third-order valence-corrected chi connectivity index (χ3v) is 0.989. The van der Waals surface area contributed by atoms with Gasteiger partial charge < -0.3 is 5.73 Å². The maximum absolute atomic E-state index is 5.55. The highest BCUT2D eigenvalue weighted by Gasteiger charge is 1.81. The van der Waals surface area contributed by atoms with Crippen LogP contribution in [0.15, 0.2) is 36.1 Å². The second kappa shape index (κ2) is 9.02. The lowest BCUT2D eigenvalue weighted by Gasteiger charge is -1.92. The van der Waals surface area contributed by atoms with Crippen LogP contribution in [0.5, 0.6) is 0 Å². The van der Waals surface area contributed by atoms with Crippen molar-refractivity contribution < 1.29 is 0 Å². The van der Waals surface area contributed by atoms with Crippen molar-refractivity contribution in [2.24, 2.45) is 5.73 Å². The average molecular weight is 153 g/mol. The lowest BCUT2D eigenvalue weighted by Crippen LogP contribution is -1.94. The van der Waals surface area contributed by atoms with Gasteiger partial charge in [0.25, 0.3) is 0 Å². The summed E-state index contributed by atoms with van der Waals surface area (Å²) in [5.41, 5.74) is 7.49. The summed E-state index contributed by atoms with van der Waals surface area (Å²) in [4.78, 5) is 0. The first-order chi connectivity index (χ1) is 5.18. The van der Waals surface area contributed by atoms with Gasteiger partial charge in [-0.25, -0.2) is 0 Å². The molecule has 0 aliphatic carbocycles. The maximum atomic E-state index is 5.55. The summed E-state index contributed by atoms with van der Waals surface area (Å²) in [6.07, 6.45) is 5.36. The topological polar surface area (TPSA) is 26.0 Å². The molecule has 11 heavy (non-hydrogen) atoms. The summed E-state index contributed by atoms with van der Waals surface area (Å²) in [6, 6.07) is 0. The molecule has 0 aliphatic rings. The highest BCUT2D eigenvalue weighted by molar-refractivity contribution is 5.22. The van der Waals surface area contributed by atoms with E-state index in [1.165, 1.54) is 0 Å². The molecule has 2 N–H and O–H groups in total. The van der Waals surface area contributed by atoms with E-state index in [1.807, 2.05) is 39.8 Å². The third kappa shape index (κ3) is 9.02. The highest BCUT2D eigenvalue weighted by atomic mass is 14.6. The minimum absolute atomic E-state index is 0.815. The highest BCUT2D eigenvalue weighted by Crippen LogP contribution is 1.96. The van der Waals surface area contributed by atoms with Gasteiger partial charge in [-0.15, -0.1) is 0 Å². The van der Waals surface area contributed by atoms with Crippen molar-refractivity contribution in [1.29, 1.82) is 0 Å². The lowest BCUT2D eigenvalue weighted by molar-refractivity contribution is 1.26. The van der Waals surface area contributed by atoms with Gasteiger partial charge in [0.1, 0.15) is 0 Å². The Balaban J connectivity index is 0. The molecular weight excluding hydrogens is 134 g/mol. The van der Waals surface area contributed by atoms with E-state index in [0.717, 1.165) is 11.3 Å². The Labute approximate surface area is 70.3 Å². The lowest BCUT2D eigenvalue weighted by atomic mass is 10.2. The molecule has 0 bridgehead atoms. The average Bonchev–Trinajstić information content (AvgIpc) is 2.03. The Hall–Kier alpha value is -0.980. The fraction of sp³-hybridized carbons (Fsp3) is 0.400. The van der Waals surface area contributed by atoms with E-state index < -0.39 is 0 Å². The van der Waals surface area contributed by atoms with Gasteiger partial charge >= 0.3 is 0 Å². The number of rotatable bonds is 2. The minimum Gasteiger partial charge on any atom is -0.399 e. The molecule has 0 radical (unpaired) electrons. The zero-order valence-corrected chi connectivity index (χ0v) is 8.02. The molecule has 0 aromatic rings. The molecule has 0 aromatic carbocycles. The fourth-order valence-corrected chi connectivity index (χ4v) is 0.338. The molecular formula is C10H19N. The Morgan fingerprint density at radius 2 is 1.73 bits per heavy atom. The molecule has 0 spiro atoms. The van der Waals surface area contributed by atoms with Gasteiger partial charge in [0, 0.05) is 5.70 Å². The zero-order valence-electron chi connectivity index (χ0n) is 8.02. The molecule has 0 aliphatic heterocycles. The van der Waals surface area contributed by atoms with Gasteiger partial charge in [-0.05, 0) is 19.9 Å². The van der Waals surface area contributed by atoms with Crippen molar-refractivity contribution in [3.05, 3.63) is 36.1 Å². The van der Waals surface area contributed by atoms with Crippen LogP contribution >= 0.6 is 0 Å². The van der Waals surface area contributed by atoms with Crippen molar-refractivity contribution >= 4 is 0 Å². The maximum Gasteiger partial charge on any atom is 0.0300 e. The van der Waals surface area contributed by atoms with Crippen LogP contribution in [0, 0.1) is 0 Å². The first kappa shape index (κ1) is 12.7. The first-order valence-corrected chi connectivity index (χ1v) is 3.90. The summed E-state index contributed by atoms with van der Waals surface area (Å²) in [7, 11) is 0. The molecule has 0 fully saturated rings. The van der Waals surface area contributed by atoms with E-state index in [2.05, 4.69) is 6.58 Å². The smallest absolute Gasteiger partial charge is 0.0300 e. The molecule has 1 nitrogen and oxygen atoms in total. The monoisotopic (exact) mass is 153 g/mol. The Kier molecular flexibility index (Phi) is 10.4. The van der Waals surface area contributed by atoms with Crippen LogP contribution in [0.1, 0.15) is 27.7 Å². The number of nitrogens with two attached hydrogens (primary N) is 1. The summed E-state index contributed by atoms with van der Waals surface area (Å²) in [5, 5.41) is 0. The molecule has 0 saturated carbocycles. The number of hydrogen-bond donors (Lipinski definition) is 1. The summed E-state index contributed by atoms with van der Waals surface area (Å²) in [6.45, 7) is 11.5. The second-order valence-electron chi connectivity index (χ2n) is 2.05. The van der Waals surface area contributed by atoms with E-state index in [9.17, 15) is 0 Å². The van der Waals surface area contributed by atoms with Gasteiger partial charge in [-0.2, -0.15) is 0 Å². The largest absolute Gasteiger partial charge is 0.399 e. The van der Waals surface area contributed by atoms with Crippen molar-refractivity contribution in [1.82, 2.24) is 0 Å². The molecule has 0 saturated heterocycles. The molecule has 64 valence electrons. The summed E-state index contributed by atoms with van der Waals surface area (Å²) in [5.74, 6) is 0. The van der Waals surface area contributed by atoms with Crippen LogP contribution in [0.25, 0.3) is 0 Å². The van der Waals surface area contributed by atoms with Crippen LogP contribution in [-0.2, 0) is 0 Å². The standard InChI is InChI=1S/C8H13N.C2H6/c1-4-5-6-8(9)7(2)3;1-2/h4-6H,1,9H2,2-3H3;1-2H3/b6-5-;. The molecule has 0 aromatic heterocycles. The number of allylic oxidation sites excluding steroid dienone is 4. The van der Waals surface area contributed by atoms with Crippen molar-refractivity contribution in [3.8, 4) is 0 Å². The van der Waals surface area contributed by atoms with Gasteiger partial charge in [0.2, 0.25) is 0 Å². The van der Waals surface area contributed by atoms with Crippen molar-refractivity contribution in [2.75, 3.05) is 0 Å². The molecule has 0 heterocycles. The quantitative estimate of drug-likeness (QED) is 0.606. The molecule has 1 heteroatoms. The minimum atomic E-state index is 0.815. The fourth-order valence-electron chi connectivity index (χ4n) is 0.338. The van der Waals surface area contributed by atoms with Crippen LogP contribution in [0.3, 0.4) is 0 Å². The molecule has 0 amide bonds. The van der Waals surface area contributed by atoms with E-state index >= 15 is 0 Å². The first-order valence-electron chi connectivity index (χ1n) is 3.90. The Bertz CT molecular complexity index is 148.